The Kier molecular flexibility index (Phi) is 6.71. The smallest absolute Gasteiger partial charge is 0.279 e. The number of nitro benzene ring substituents is 1. The maximum atomic E-state index is 12.8. The van der Waals surface area contributed by atoms with E-state index in [-0.39, 0.29) is 10.6 Å². The fraction of sp³-hybridized carbons (Fsp3) is 0.0952. The normalized spacial score (nSPS) is 11.5. The Morgan fingerprint density at radius 3 is 2.45 bits per heavy atom. The van der Waals surface area contributed by atoms with Crippen LogP contribution < -0.4 is 10.1 Å². The van der Waals surface area contributed by atoms with Crippen molar-refractivity contribution in [1.29, 1.82) is 0 Å². The lowest BCUT2D eigenvalue weighted by Gasteiger charge is -2.12. The fourth-order valence-electron chi connectivity index (χ4n) is 2.82. The summed E-state index contributed by atoms with van der Waals surface area (Å²) in [6, 6.07) is 16.2. The first-order valence-electron chi connectivity index (χ1n) is 9.09. The first-order chi connectivity index (χ1) is 14.7. The van der Waals surface area contributed by atoms with Crippen LogP contribution in [0.2, 0.25) is 0 Å². The summed E-state index contributed by atoms with van der Waals surface area (Å²) in [5, 5.41) is 15.5. The molecule has 3 aromatic carbocycles. The quantitative estimate of drug-likeness (QED) is 0.261. The van der Waals surface area contributed by atoms with Crippen LogP contribution in [0.4, 0.5) is 17.1 Å². The van der Waals surface area contributed by atoms with Crippen LogP contribution in [0.5, 0.6) is 0 Å². The van der Waals surface area contributed by atoms with Gasteiger partial charge in [-0.15, -0.1) is 0 Å². The van der Waals surface area contributed by atoms with Gasteiger partial charge in [-0.2, -0.15) is 5.10 Å². The average molecular weight is 503 g/mol. The van der Waals surface area contributed by atoms with E-state index in [1.165, 1.54) is 18.3 Å². The van der Waals surface area contributed by atoms with Crippen molar-refractivity contribution < 1.29 is 13.3 Å². The molecule has 160 valence electrons. The number of hydrogen-bond acceptors (Lipinski definition) is 6. The van der Waals surface area contributed by atoms with Crippen molar-refractivity contribution in [2.75, 3.05) is 10.1 Å². The highest BCUT2D eigenvalue weighted by Gasteiger charge is 2.22. The fourth-order valence-corrected chi connectivity index (χ4v) is 4.39. The van der Waals surface area contributed by atoms with Crippen LogP contribution in [0.3, 0.4) is 0 Å². The lowest BCUT2D eigenvalue weighted by atomic mass is 10.1. The number of nitrogens with zero attached hydrogens (tertiary/aromatic N) is 2. The molecule has 0 heterocycles. The van der Waals surface area contributed by atoms with Gasteiger partial charge in [-0.1, -0.05) is 45.8 Å². The van der Waals surface area contributed by atoms with E-state index in [1.807, 2.05) is 37.3 Å². The van der Waals surface area contributed by atoms with Crippen molar-refractivity contribution in [3.63, 3.8) is 0 Å². The molecule has 0 saturated carbocycles. The molecule has 0 fully saturated rings. The highest BCUT2D eigenvalue weighted by Crippen LogP contribution is 2.29. The number of aryl methyl sites for hydroxylation is 2. The summed E-state index contributed by atoms with van der Waals surface area (Å²) < 4.78 is 28.9. The maximum absolute atomic E-state index is 12.8. The minimum Gasteiger partial charge on any atom is -0.279 e. The number of hydrazone groups is 1. The molecule has 0 spiro atoms. The number of rotatable bonds is 7. The zero-order valence-corrected chi connectivity index (χ0v) is 19.1. The van der Waals surface area contributed by atoms with E-state index in [9.17, 15) is 18.5 Å². The number of benzene rings is 3. The maximum Gasteiger partial charge on any atom is 0.295 e. The first-order valence-corrected chi connectivity index (χ1v) is 11.4. The molecule has 0 saturated heterocycles. The van der Waals surface area contributed by atoms with E-state index in [0.29, 0.717) is 5.69 Å². The molecule has 10 heteroatoms. The van der Waals surface area contributed by atoms with Crippen LogP contribution in [0, 0.1) is 24.0 Å². The van der Waals surface area contributed by atoms with Crippen molar-refractivity contribution in [1.82, 2.24) is 0 Å². The zero-order chi connectivity index (χ0) is 22.6. The van der Waals surface area contributed by atoms with Gasteiger partial charge in [-0.05, 0) is 55.3 Å². The predicted molar refractivity (Wildman–Crippen MR) is 125 cm³/mol. The molecule has 8 nitrogen and oxygen atoms in total. The number of nitrogens with one attached hydrogen (secondary N) is 2. The van der Waals surface area contributed by atoms with E-state index in [1.54, 1.807) is 19.1 Å². The summed E-state index contributed by atoms with van der Waals surface area (Å²) >= 11 is 3.35. The van der Waals surface area contributed by atoms with Crippen LogP contribution in [-0.4, -0.2) is 19.6 Å². The second kappa shape index (κ2) is 9.27. The van der Waals surface area contributed by atoms with Gasteiger partial charge in [0.1, 0.15) is 5.69 Å². The third kappa shape index (κ3) is 5.68. The minimum atomic E-state index is -4.02. The molecule has 0 bridgehead atoms. The number of halogens is 1. The molecule has 3 aromatic rings. The van der Waals surface area contributed by atoms with E-state index < -0.39 is 20.6 Å². The van der Waals surface area contributed by atoms with E-state index in [2.05, 4.69) is 31.2 Å². The van der Waals surface area contributed by atoms with Gasteiger partial charge >= 0.3 is 0 Å². The van der Waals surface area contributed by atoms with Crippen molar-refractivity contribution >= 4 is 49.2 Å². The molecule has 0 radical (unpaired) electrons. The Morgan fingerprint density at radius 2 is 1.77 bits per heavy atom. The number of sulfonamides is 1. The van der Waals surface area contributed by atoms with Crippen LogP contribution in [0.1, 0.15) is 16.7 Å². The van der Waals surface area contributed by atoms with Gasteiger partial charge in [0.15, 0.2) is 0 Å². The number of nitro groups is 1. The van der Waals surface area contributed by atoms with Gasteiger partial charge in [0.25, 0.3) is 15.7 Å². The molecular formula is C21H19BrN4O4S. The van der Waals surface area contributed by atoms with Crippen molar-refractivity contribution in [3.05, 3.63) is 91.9 Å². The molecule has 0 atom stereocenters. The lowest BCUT2D eigenvalue weighted by Crippen LogP contribution is -2.14. The topological polar surface area (TPSA) is 114 Å². The van der Waals surface area contributed by atoms with Crippen molar-refractivity contribution in [2.24, 2.45) is 5.10 Å². The molecular weight excluding hydrogens is 484 g/mol. The van der Waals surface area contributed by atoms with Gasteiger partial charge in [-0.25, -0.2) is 8.42 Å². The number of anilines is 2. The number of hydrogen-bond donors (Lipinski definition) is 2. The van der Waals surface area contributed by atoms with Gasteiger partial charge in [0, 0.05) is 10.5 Å². The summed E-state index contributed by atoms with van der Waals surface area (Å²) in [7, 11) is -4.02. The Labute approximate surface area is 188 Å². The van der Waals surface area contributed by atoms with Crippen LogP contribution in [-0.2, 0) is 10.0 Å². The summed E-state index contributed by atoms with van der Waals surface area (Å²) in [5.41, 5.74) is 5.20. The third-order valence-electron chi connectivity index (χ3n) is 4.35. The van der Waals surface area contributed by atoms with Crippen molar-refractivity contribution in [2.45, 2.75) is 18.7 Å². The van der Waals surface area contributed by atoms with E-state index >= 15 is 0 Å². The highest BCUT2D eigenvalue weighted by molar-refractivity contribution is 9.10. The first kappa shape index (κ1) is 22.4. The zero-order valence-electron chi connectivity index (χ0n) is 16.7. The Hall–Kier alpha value is -3.24. The SMILES string of the molecule is Cc1ccc(NS(=O)(=O)c2ccc(N/N=C\c3cccc(Br)c3)c([N+](=O)[O-])c2)c(C)c1. The monoisotopic (exact) mass is 502 g/mol. The van der Waals surface area contributed by atoms with Gasteiger partial charge < -0.3 is 0 Å². The minimum absolute atomic E-state index is 0.0710. The van der Waals surface area contributed by atoms with Crippen LogP contribution in [0.25, 0.3) is 0 Å². The van der Waals surface area contributed by atoms with Gasteiger partial charge in [-0.3, -0.25) is 20.3 Å². The average Bonchev–Trinajstić information content (AvgIpc) is 2.70. The lowest BCUT2D eigenvalue weighted by molar-refractivity contribution is -0.384. The molecule has 0 unspecified atom stereocenters. The molecule has 0 aromatic heterocycles. The summed E-state index contributed by atoms with van der Waals surface area (Å²) in [6.07, 6.45) is 1.50. The molecule has 0 aliphatic carbocycles. The second-order valence-electron chi connectivity index (χ2n) is 6.78. The molecule has 0 aliphatic rings. The van der Waals surface area contributed by atoms with Crippen LogP contribution in [0.15, 0.2) is 75.1 Å². The molecule has 31 heavy (non-hydrogen) atoms. The highest BCUT2D eigenvalue weighted by atomic mass is 79.9. The van der Waals surface area contributed by atoms with Crippen molar-refractivity contribution in [3.8, 4) is 0 Å². The molecule has 2 N–H and O–H groups in total. The van der Waals surface area contributed by atoms with Crippen LogP contribution >= 0.6 is 15.9 Å². The second-order valence-corrected chi connectivity index (χ2v) is 9.38. The Balaban J connectivity index is 1.86. The molecule has 3 rings (SSSR count). The van der Waals surface area contributed by atoms with E-state index in [0.717, 1.165) is 27.2 Å². The third-order valence-corrected chi connectivity index (χ3v) is 6.21. The summed E-state index contributed by atoms with van der Waals surface area (Å²) in [6.45, 7) is 3.68. The molecule has 0 amide bonds. The predicted octanol–water partition coefficient (Wildman–Crippen LogP) is 5.22. The Bertz CT molecular complexity index is 1280. The standard InChI is InChI=1S/C21H19BrN4O4S/c1-14-6-8-19(15(2)10-14)25-31(29,30)18-7-9-20(21(12-18)26(27)28)24-23-13-16-4-3-5-17(22)11-16/h3-13,24-25H,1-2H3/b23-13-. The van der Waals surface area contributed by atoms with E-state index in [4.69, 9.17) is 0 Å². The van der Waals surface area contributed by atoms with Gasteiger partial charge in [0.05, 0.1) is 21.7 Å². The molecule has 0 aliphatic heterocycles. The van der Waals surface area contributed by atoms with Gasteiger partial charge in [0.2, 0.25) is 0 Å². The largest absolute Gasteiger partial charge is 0.295 e. The summed E-state index contributed by atoms with van der Waals surface area (Å²) in [5.74, 6) is 0. The Morgan fingerprint density at radius 1 is 1.03 bits per heavy atom. The summed E-state index contributed by atoms with van der Waals surface area (Å²) in [4.78, 5) is 10.6.